The molecular weight excluding hydrogens is 186 g/mol. The van der Waals surface area contributed by atoms with Crippen molar-refractivity contribution >= 4 is 9.84 Å². The van der Waals surface area contributed by atoms with Gasteiger partial charge in [-0.3, -0.25) is 0 Å². The van der Waals surface area contributed by atoms with Gasteiger partial charge in [0, 0.05) is 11.8 Å². The smallest absolute Gasteiger partial charge is 0.150 e. The Morgan fingerprint density at radius 3 is 2.31 bits per heavy atom. The van der Waals surface area contributed by atoms with Crippen LogP contribution in [0.15, 0.2) is 0 Å². The quantitative estimate of drug-likeness (QED) is 0.641. The van der Waals surface area contributed by atoms with Crippen molar-refractivity contribution in [1.82, 2.24) is 0 Å². The molecule has 0 amide bonds. The van der Waals surface area contributed by atoms with Crippen LogP contribution in [0.2, 0.25) is 0 Å². The summed E-state index contributed by atoms with van der Waals surface area (Å²) >= 11 is 0. The fourth-order valence-electron chi connectivity index (χ4n) is 1.11. The topological polar surface area (TPSA) is 60.2 Å². The van der Waals surface area contributed by atoms with Crippen molar-refractivity contribution in [2.24, 2.45) is 5.73 Å². The molecule has 0 fully saturated rings. The molecule has 13 heavy (non-hydrogen) atoms. The second kappa shape index (κ2) is 6.38. The minimum absolute atomic E-state index is 0.239. The molecule has 0 aromatic carbocycles. The Morgan fingerprint density at radius 1 is 1.23 bits per heavy atom. The summed E-state index contributed by atoms with van der Waals surface area (Å²) in [6, 6.07) is 0.239. The molecule has 0 saturated heterocycles. The molecule has 0 saturated carbocycles. The standard InChI is InChI=1S/C9H21NO2S/c1-3-13(11,12)8-6-4-5-7-9(2)10/h9H,3-8,10H2,1-2H3. The fourth-order valence-corrected chi connectivity index (χ4v) is 2.04. The number of unbranched alkanes of at least 4 members (excludes halogenated alkanes) is 2. The van der Waals surface area contributed by atoms with Crippen LogP contribution < -0.4 is 5.73 Å². The van der Waals surface area contributed by atoms with Crippen LogP contribution in [0.25, 0.3) is 0 Å². The average molecular weight is 207 g/mol. The molecule has 0 aromatic heterocycles. The van der Waals surface area contributed by atoms with Gasteiger partial charge in [0.2, 0.25) is 0 Å². The van der Waals surface area contributed by atoms with Gasteiger partial charge in [-0.2, -0.15) is 0 Å². The third-order valence-corrected chi connectivity index (χ3v) is 3.84. The summed E-state index contributed by atoms with van der Waals surface area (Å²) in [6.45, 7) is 3.67. The van der Waals surface area contributed by atoms with Gasteiger partial charge in [-0.05, 0) is 19.8 Å². The van der Waals surface area contributed by atoms with Crippen molar-refractivity contribution in [3.63, 3.8) is 0 Å². The van der Waals surface area contributed by atoms with E-state index in [0.717, 1.165) is 25.7 Å². The van der Waals surface area contributed by atoms with E-state index in [-0.39, 0.29) is 11.8 Å². The summed E-state index contributed by atoms with van der Waals surface area (Å²) < 4.78 is 22.1. The normalized spacial score (nSPS) is 14.4. The fraction of sp³-hybridized carbons (Fsp3) is 1.00. The summed E-state index contributed by atoms with van der Waals surface area (Å²) in [5.74, 6) is 0.600. The van der Waals surface area contributed by atoms with E-state index in [1.54, 1.807) is 6.92 Å². The molecule has 0 heterocycles. The molecule has 0 bridgehead atoms. The maximum Gasteiger partial charge on any atom is 0.150 e. The Kier molecular flexibility index (Phi) is 6.33. The van der Waals surface area contributed by atoms with Gasteiger partial charge in [-0.15, -0.1) is 0 Å². The minimum Gasteiger partial charge on any atom is -0.328 e. The minimum atomic E-state index is -2.75. The summed E-state index contributed by atoms with van der Waals surface area (Å²) in [7, 11) is -2.75. The molecule has 0 aromatic rings. The van der Waals surface area contributed by atoms with Gasteiger partial charge in [-0.25, -0.2) is 8.42 Å². The number of rotatable bonds is 7. The van der Waals surface area contributed by atoms with Crippen LogP contribution in [0.5, 0.6) is 0 Å². The molecule has 2 N–H and O–H groups in total. The average Bonchev–Trinajstić information content (AvgIpc) is 2.03. The summed E-state index contributed by atoms with van der Waals surface area (Å²) in [5.41, 5.74) is 5.57. The van der Waals surface area contributed by atoms with Crippen LogP contribution >= 0.6 is 0 Å². The highest BCUT2D eigenvalue weighted by atomic mass is 32.2. The van der Waals surface area contributed by atoms with E-state index in [1.807, 2.05) is 6.92 Å². The van der Waals surface area contributed by atoms with E-state index < -0.39 is 9.84 Å². The first kappa shape index (κ1) is 12.9. The first-order chi connectivity index (χ1) is 5.98. The van der Waals surface area contributed by atoms with Crippen molar-refractivity contribution in [1.29, 1.82) is 0 Å². The van der Waals surface area contributed by atoms with Gasteiger partial charge in [-0.1, -0.05) is 19.8 Å². The molecule has 0 aliphatic rings. The van der Waals surface area contributed by atoms with E-state index in [1.165, 1.54) is 0 Å². The lowest BCUT2D eigenvalue weighted by molar-refractivity contribution is 0.575. The third-order valence-electron chi connectivity index (χ3n) is 2.05. The number of nitrogens with two attached hydrogens (primary N) is 1. The number of hydrogen-bond donors (Lipinski definition) is 1. The molecule has 80 valence electrons. The molecule has 0 aliphatic heterocycles. The Labute approximate surface area is 81.6 Å². The van der Waals surface area contributed by atoms with Crippen molar-refractivity contribution in [2.45, 2.75) is 45.6 Å². The van der Waals surface area contributed by atoms with Gasteiger partial charge < -0.3 is 5.73 Å². The van der Waals surface area contributed by atoms with Gasteiger partial charge in [0.1, 0.15) is 9.84 Å². The van der Waals surface area contributed by atoms with Crippen LogP contribution in [0.3, 0.4) is 0 Å². The highest BCUT2D eigenvalue weighted by Gasteiger charge is 2.05. The number of sulfone groups is 1. The Bertz CT molecular complexity index is 210. The Balaban J connectivity index is 3.37. The zero-order chi connectivity index (χ0) is 10.3. The first-order valence-electron chi connectivity index (χ1n) is 4.94. The van der Waals surface area contributed by atoms with Gasteiger partial charge in [0.15, 0.2) is 0 Å². The zero-order valence-corrected chi connectivity index (χ0v) is 9.44. The monoisotopic (exact) mass is 207 g/mol. The molecule has 4 heteroatoms. The van der Waals surface area contributed by atoms with E-state index in [0.29, 0.717) is 5.75 Å². The van der Waals surface area contributed by atoms with Gasteiger partial charge in [0.25, 0.3) is 0 Å². The second-order valence-corrected chi connectivity index (χ2v) is 6.04. The maximum absolute atomic E-state index is 11.1. The highest BCUT2D eigenvalue weighted by Crippen LogP contribution is 2.04. The molecule has 0 aliphatic carbocycles. The third kappa shape index (κ3) is 8.25. The lowest BCUT2D eigenvalue weighted by Crippen LogP contribution is -2.14. The van der Waals surface area contributed by atoms with Gasteiger partial charge in [0.05, 0.1) is 5.75 Å². The molecule has 0 spiro atoms. The van der Waals surface area contributed by atoms with Crippen LogP contribution in [0, 0.1) is 0 Å². The predicted octanol–water partition coefficient (Wildman–Crippen LogP) is 1.33. The van der Waals surface area contributed by atoms with Crippen LogP contribution in [0.4, 0.5) is 0 Å². The predicted molar refractivity (Wildman–Crippen MR) is 56.4 cm³/mol. The zero-order valence-electron chi connectivity index (χ0n) is 8.62. The van der Waals surface area contributed by atoms with E-state index in [9.17, 15) is 8.42 Å². The summed E-state index contributed by atoms with van der Waals surface area (Å²) in [5, 5.41) is 0. The van der Waals surface area contributed by atoms with Crippen molar-refractivity contribution in [3.8, 4) is 0 Å². The van der Waals surface area contributed by atoms with Crippen LogP contribution in [-0.4, -0.2) is 26.0 Å². The van der Waals surface area contributed by atoms with Crippen LogP contribution in [-0.2, 0) is 9.84 Å². The van der Waals surface area contributed by atoms with E-state index in [4.69, 9.17) is 5.73 Å². The Hall–Kier alpha value is -0.0900. The largest absolute Gasteiger partial charge is 0.328 e. The Morgan fingerprint density at radius 2 is 1.85 bits per heavy atom. The SMILES string of the molecule is CCS(=O)(=O)CCCCCC(C)N. The molecular formula is C9H21NO2S. The second-order valence-electron chi connectivity index (χ2n) is 3.56. The van der Waals surface area contributed by atoms with Crippen molar-refractivity contribution < 1.29 is 8.42 Å². The summed E-state index contributed by atoms with van der Waals surface area (Å²) in [4.78, 5) is 0. The maximum atomic E-state index is 11.1. The molecule has 0 radical (unpaired) electrons. The van der Waals surface area contributed by atoms with Gasteiger partial charge >= 0.3 is 0 Å². The summed E-state index contributed by atoms with van der Waals surface area (Å²) in [6.07, 6.45) is 3.78. The highest BCUT2D eigenvalue weighted by molar-refractivity contribution is 7.91. The van der Waals surface area contributed by atoms with Crippen LogP contribution in [0.1, 0.15) is 39.5 Å². The molecule has 1 atom stereocenters. The number of hydrogen-bond acceptors (Lipinski definition) is 3. The van der Waals surface area contributed by atoms with E-state index in [2.05, 4.69) is 0 Å². The lowest BCUT2D eigenvalue weighted by atomic mass is 10.1. The molecule has 1 unspecified atom stereocenters. The molecule has 3 nitrogen and oxygen atoms in total. The van der Waals surface area contributed by atoms with Crippen molar-refractivity contribution in [2.75, 3.05) is 11.5 Å². The van der Waals surface area contributed by atoms with E-state index >= 15 is 0 Å². The van der Waals surface area contributed by atoms with Crippen molar-refractivity contribution in [3.05, 3.63) is 0 Å². The molecule has 0 rings (SSSR count). The lowest BCUT2D eigenvalue weighted by Gasteiger charge is -2.04. The first-order valence-corrected chi connectivity index (χ1v) is 6.76.